The number of aromatic amines is 1. The highest BCUT2D eigenvalue weighted by Crippen LogP contribution is 2.34. The summed E-state index contributed by atoms with van der Waals surface area (Å²) in [6.45, 7) is 4.07. The highest BCUT2D eigenvalue weighted by molar-refractivity contribution is 5.23. The molecular weight excluding hydrogens is 216 g/mol. The van der Waals surface area contributed by atoms with Crippen LogP contribution in [0.5, 0.6) is 5.88 Å². The normalized spacial score (nSPS) is 24.8. The van der Waals surface area contributed by atoms with Gasteiger partial charge in [-0.25, -0.2) is 0 Å². The van der Waals surface area contributed by atoms with Gasteiger partial charge in [-0.1, -0.05) is 26.7 Å². The summed E-state index contributed by atoms with van der Waals surface area (Å²) in [5.74, 6) is 1.54. The molecule has 1 saturated carbocycles. The van der Waals surface area contributed by atoms with Crippen LogP contribution in [0.15, 0.2) is 4.79 Å². The van der Waals surface area contributed by atoms with Crippen molar-refractivity contribution in [1.82, 2.24) is 9.97 Å². The second-order valence-electron chi connectivity index (χ2n) is 5.08. The van der Waals surface area contributed by atoms with Crippen LogP contribution in [0.3, 0.4) is 0 Å². The van der Waals surface area contributed by atoms with Gasteiger partial charge < -0.3 is 10.1 Å². The SMILES string of the molecule is CCc1c(O)nc(C2CCCC(C)C2)[nH]c1=O. The molecule has 1 aromatic heterocycles. The summed E-state index contributed by atoms with van der Waals surface area (Å²) >= 11 is 0. The lowest BCUT2D eigenvalue weighted by Gasteiger charge is -2.25. The minimum atomic E-state index is -0.187. The van der Waals surface area contributed by atoms with Crippen LogP contribution in [0.25, 0.3) is 0 Å². The van der Waals surface area contributed by atoms with Crippen molar-refractivity contribution in [2.75, 3.05) is 0 Å². The largest absolute Gasteiger partial charge is 0.493 e. The minimum absolute atomic E-state index is 0.0931. The fraction of sp³-hybridized carbons (Fsp3) is 0.692. The zero-order valence-electron chi connectivity index (χ0n) is 10.5. The van der Waals surface area contributed by atoms with Gasteiger partial charge in [0.15, 0.2) is 0 Å². The molecule has 1 fully saturated rings. The standard InChI is InChI=1S/C13H20N2O2/c1-3-10-12(16)14-11(15-13(10)17)9-6-4-5-8(2)7-9/h8-9H,3-7H2,1-2H3,(H2,14,15,16,17). The molecule has 0 saturated heterocycles. The number of H-pyrrole nitrogens is 1. The number of aromatic nitrogens is 2. The van der Waals surface area contributed by atoms with Crippen molar-refractivity contribution in [3.05, 3.63) is 21.7 Å². The van der Waals surface area contributed by atoms with Gasteiger partial charge in [0, 0.05) is 5.92 Å². The van der Waals surface area contributed by atoms with Gasteiger partial charge >= 0.3 is 0 Å². The van der Waals surface area contributed by atoms with Crippen molar-refractivity contribution in [1.29, 1.82) is 0 Å². The molecule has 1 aromatic rings. The molecule has 1 heterocycles. The maximum Gasteiger partial charge on any atom is 0.257 e. The van der Waals surface area contributed by atoms with E-state index in [0.717, 1.165) is 12.8 Å². The number of rotatable bonds is 2. The Morgan fingerprint density at radius 1 is 1.47 bits per heavy atom. The molecule has 2 rings (SSSR count). The fourth-order valence-corrected chi connectivity index (χ4v) is 2.70. The summed E-state index contributed by atoms with van der Waals surface area (Å²) in [6.07, 6.45) is 5.03. The summed E-state index contributed by atoms with van der Waals surface area (Å²) in [6, 6.07) is 0. The molecule has 0 spiro atoms. The third kappa shape index (κ3) is 2.51. The summed E-state index contributed by atoms with van der Waals surface area (Å²) in [7, 11) is 0. The Morgan fingerprint density at radius 2 is 2.24 bits per heavy atom. The molecular formula is C13H20N2O2. The number of hydrogen-bond donors (Lipinski definition) is 2. The van der Waals surface area contributed by atoms with Crippen LogP contribution in [0, 0.1) is 5.92 Å². The van der Waals surface area contributed by atoms with Crippen molar-refractivity contribution in [2.45, 2.75) is 51.9 Å². The molecule has 2 N–H and O–H groups in total. The molecule has 94 valence electrons. The Balaban J connectivity index is 2.30. The average Bonchev–Trinajstić information content (AvgIpc) is 2.28. The molecule has 0 bridgehead atoms. The third-order valence-corrected chi connectivity index (χ3v) is 3.69. The summed E-state index contributed by atoms with van der Waals surface area (Å²) in [5, 5.41) is 9.74. The molecule has 4 nitrogen and oxygen atoms in total. The number of hydrogen-bond acceptors (Lipinski definition) is 3. The number of nitrogens with one attached hydrogen (secondary N) is 1. The number of aromatic hydroxyl groups is 1. The van der Waals surface area contributed by atoms with Gasteiger partial charge in [0.1, 0.15) is 5.82 Å². The van der Waals surface area contributed by atoms with Crippen LogP contribution in [-0.2, 0) is 6.42 Å². The van der Waals surface area contributed by atoms with Crippen molar-refractivity contribution in [2.24, 2.45) is 5.92 Å². The zero-order valence-corrected chi connectivity index (χ0v) is 10.5. The van der Waals surface area contributed by atoms with Crippen LogP contribution < -0.4 is 5.56 Å². The lowest BCUT2D eigenvalue weighted by Crippen LogP contribution is -2.21. The van der Waals surface area contributed by atoms with E-state index in [2.05, 4.69) is 16.9 Å². The molecule has 0 aromatic carbocycles. The summed E-state index contributed by atoms with van der Waals surface area (Å²) in [4.78, 5) is 18.8. The second kappa shape index (κ2) is 4.90. The monoisotopic (exact) mass is 236 g/mol. The first-order valence-electron chi connectivity index (χ1n) is 6.43. The molecule has 1 aliphatic carbocycles. The molecule has 0 amide bonds. The molecule has 0 radical (unpaired) electrons. The molecule has 17 heavy (non-hydrogen) atoms. The van der Waals surface area contributed by atoms with Crippen molar-refractivity contribution >= 4 is 0 Å². The first kappa shape index (κ1) is 12.1. The van der Waals surface area contributed by atoms with Crippen molar-refractivity contribution in [3.8, 4) is 5.88 Å². The van der Waals surface area contributed by atoms with E-state index < -0.39 is 0 Å². The van der Waals surface area contributed by atoms with E-state index >= 15 is 0 Å². The van der Waals surface area contributed by atoms with Crippen LogP contribution in [0.4, 0.5) is 0 Å². The molecule has 1 aliphatic rings. The average molecular weight is 236 g/mol. The maximum atomic E-state index is 11.8. The van der Waals surface area contributed by atoms with Gasteiger partial charge in [0.05, 0.1) is 5.56 Å². The molecule has 2 atom stereocenters. The predicted molar refractivity (Wildman–Crippen MR) is 66.3 cm³/mol. The van der Waals surface area contributed by atoms with Crippen molar-refractivity contribution < 1.29 is 5.11 Å². The first-order chi connectivity index (χ1) is 8.11. The van der Waals surface area contributed by atoms with Crippen LogP contribution in [0.2, 0.25) is 0 Å². The molecule has 2 unspecified atom stereocenters. The van der Waals surface area contributed by atoms with E-state index in [-0.39, 0.29) is 11.4 Å². The van der Waals surface area contributed by atoms with E-state index in [1.807, 2.05) is 6.92 Å². The first-order valence-corrected chi connectivity index (χ1v) is 6.43. The Morgan fingerprint density at radius 3 is 2.82 bits per heavy atom. The van der Waals surface area contributed by atoms with Crippen molar-refractivity contribution in [3.63, 3.8) is 0 Å². The van der Waals surface area contributed by atoms with Gasteiger partial charge in [-0.15, -0.1) is 0 Å². The predicted octanol–water partition coefficient (Wildman–Crippen LogP) is 2.33. The summed E-state index contributed by atoms with van der Waals surface area (Å²) < 4.78 is 0. The summed E-state index contributed by atoms with van der Waals surface area (Å²) in [5.41, 5.74) is 0.200. The topological polar surface area (TPSA) is 66.0 Å². The zero-order chi connectivity index (χ0) is 12.4. The lowest BCUT2D eigenvalue weighted by molar-refractivity contribution is 0.330. The van der Waals surface area contributed by atoms with Gasteiger partial charge in [0.25, 0.3) is 5.56 Å². The van der Waals surface area contributed by atoms with Gasteiger partial charge in [0.2, 0.25) is 5.88 Å². The second-order valence-corrected chi connectivity index (χ2v) is 5.08. The van der Waals surface area contributed by atoms with Gasteiger partial charge in [-0.3, -0.25) is 4.79 Å². The van der Waals surface area contributed by atoms with Gasteiger partial charge in [-0.05, 0) is 25.2 Å². The van der Waals surface area contributed by atoms with Gasteiger partial charge in [-0.2, -0.15) is 4.98 Å². The van der Waals surface area contributed by atoms with Crippen LogP contribution >= 0.6 is 0 Å². The Kier molecular flexibility index (Phi) is 3.50. The van der Waals surface area contributed by atoms with E-state index in [1.165, 1.54) is 12.8 Å². The van der Waals surface area contributed by atoms with Crippen LogP contribution in [-0.4, -0.2) is 15.1 Å². The quantitative estimate of drug-likeness (QED) is 0.828. The molecule has 4 heteroatoms. The van der Waals surface area contributed by atoms with Crippen LogP contribution in [0.1, 0.15) is 56.8 Å². The lowest BCUT2D eigenvalue weighted by atomic mass is 9.82. The Labute approximate surface area is 101 Å². The van der Waals surface area contributed by atoms with E-state index in [1.54, 1.807) is 0 Å². The highest BCUT2D eigenvalue weighted by atomic mass is 16.3. The Hall–Kier alpha value is -1.32. The highest BCUT2D eigenvalue weighted by Gasteiger charge is 2.23. The minimum Gasteiger partial charge on any atom is -0.493 e. The number of nitrogens with zero attached hydrogens (tertiary/aromatic N) is 1. The third-order valence-electron chi connectivity index (χ3n) is 3.69. The molecule has 0 aliphatic heterocycles. The Bertz CT molecular complexity index is 453. The van der Waals surface area contributed by atoms with E-state index in [0.29, 0.717) is 29.6 Å². The van der Waals surface area contributed by atoms with E-state index in [9.17, 15) is 9.90 Å². The smallest absolute Gasteiger partial charge is 0.257 e. The van der Waals surface area contributed by atoms with E-state index in [4.69, 9.17) is 0 Å². The maximum absolute atomic E-state index is 11.8. The fourth-order valence-electron chi connectivity index (χ4n) is 2.70.